The Morgan fingerprint density at radius 3 is 2.68 bits per heavy atom. The number of nitrogens with one attached hydrogen (secondary N) is 1. The summed E-state index contributed by atoms with van der Waals surface area (Å²) in [5, 5.41) is 0.842. The monoisotopic (exact) mass is 415 g/mol. The minimum Gasteiger partial charge on any atom is -0.348 e. The number of piperidine rings is 1. The SMILES string of the molecule is [2H]N1Cc2c(ccc(F)c2SCCCCCCC(=O)N2CCC(F)(F)CC2)C1=O. The fourth-order valence-corrected chi connectivity index (χ4v) is 4.60. The Labute approximate surface area is 168 Å². The second-order valence-corrected chi connectivity index (χ2v) is 8.38. The summed E-state index contributed by atoms with van der Waals surface area (Å²) >= 11 is 1.36. The van der Waals surface area contributed by atoms with Crippen molar-refractivity contribution in [2.75, 3.05) is 18.8 Å². The molecule has 0 unspecified atom stereocenters. The predicted octanol–water partition coefficient (Wildman–Crippen LogP) is 4.37. The molecule has 2 heterocycles. The van der Waals surface area contributed by atoms with Crippen LogP contribution in [-0.2, 0) is 11.3 Å². The molecule has 154 valence electrons. The molecule has 0 atom stereocenters. The van der Waals surface area contributed by atoms with Gasteiger partial charge in [0.1, 0.15) is 5.82 Å². The molecule has 2 aliphatic heterocycles. The Kier molecular flexibility index (Phi) is 6.44. The van der Waals surface area contributed by atoms with Crippen LogP contribution >= 0.6 is 11.8 Å². The van der Waals surface area contributed by atoms with Crippen molar-refractivity contribution in [1.29, 1.82) is 0 Å². The molecule has 1 N–H and O–H groups in total. The van der Waals surface area contributed by atoms with E-state index in [4.69, 9.17) is 1.41 Å². The highest BCUT2D eigenvalue weighted by atomic mass is 32.2. The molecule has 0 spiro atoms. The third kappa shape index (κ3) is 5.21. The number of halogens is 3. The number of carbonyl (C=O) groups excluding carboxylic acids is 2. The van der Waals surface area contributed by atoms with Crippen molar-refractivity contribution in [3.63, 3.8) is 0 Å². The van der Waals surface area contributed by atoms with E-state index in [0.717, 1.165) is 24.6 Å². The van der Waals surface area contributed by atoms with Crippen molar-refractivity contribution in [3.05, 3.63) is 29.1 Å². The summed E-state index contributed by atoms with van der Waals surface area (Å²) < 4.78 is 48.0. The molecule has 2 amide bonds. The van der Waals surface area contributed by atoms with Gasteiger partial charge in [-0.2, -0.15) is 0 Å². The molecule has 0 aliphatic carbocycles. The van der Waals surface area contributed by atoms with Gasteiger partial charge in [0.05, 0.1) is 0 Å². The molecule has 8 heteroatoms. The van der Waals surface area contributed by atoms with Gasteiger partial charge in [-0.25, -0.2) is 13.2 Å². The van der Waals surface area contributed by atoms with E-state index in [1.165, 1.54) is 28.8 Å². The van der Waals surface area contributed by atoms with Crippen LogP contribution in [-0.4, -0.2) is 41.5 Å². The van der Waals surface area contributed by atoms with Gasteiger partial charge in [0.15, 0.2) is 1.41 Å². The smallest absolute Gasteiger partial charge is 0.251 e. The van der Waals surface area contributed by atoms with E-state index in [0.29, 0.717) is 34.6 Å². The number of carbonyl (C=O) groups is 2. The van der Waals surface area contributed by atoms with Crippen LogP contribution in [0.4, 0.5) is 13.2 Å². The van der Waals surface area contributed by atoms with Crippen LogP contribution in [0.15, 0.2) is 17.0 Å². The van der Waals surface area contributed by atoms with E-state index in [9.17, 15) is 22.8 Å². The van der Waals surface area contributed by atoms with Crippen LogP contribution < -0.4 is 5.31 Å². The van der Waals surface area contributed by atoms with Crippen LogP contribution in [0.2, 0.25) is 1.41 Å². The van der Waals surface area contributed by atoms with E-state index in [1.807, 2.05) is 0 Å². The van der Waals surface area contributed by atoms with Gasteiger partial charge in [0.25, 0.3) is 11.8 Å². The summed E-state index contributed by atoms with van der Waals surface area (Å²) in [7, 11) is 0. The number of alkyl halides is 2. The number of unbranched alkanes of at least 4 members (excludes halogenated alkanes) is 3. The van der Waals surface area contributed by atoms with Crippen molar-refractivity contribution in [1.82, 2.24) is 10.2 Å². The summed E-state index contributed by atoms with van der Waals surface area (Å²) in [6.07, 6.45) is 3.17. The van der Waals surface area contributed by atoms with E-state index in [2.05, 4.69) is 0 Å². The maximum absolute atomic E-state index is 14.1. The normalized spacial score (nSPS) is 19.0. The summed E-state index contributed by atoms with van der Waals surface area (Å²) in [6, 6.07) is 2.71. The van der Waals surface area contributed by atoms with Crippen LogP contribution in [0.25, 0.3) is 0 Å². The summed E-state index contributed by atoms with van der Waals surface area (Å²) in [6.45, 7) is 0.375. The molecule has 0 bridgehead atoms. The van der Waals surface area contributed by atoms with Gasteiger partial charge in [-0.3, -0.25) is 9.59 Å². The molecule has 1 aromatic carbocycles. The number of likely N-dealkylation sites (tertiary alicyclic amines) is 1. The topological polar surface area (TPSA) is 49.4 Å². The number of hydrogen-bond acceptors (Lipinski definition) is 3. The number of thioether (sulfide) groups is 1. The molecule has 4 nitrogen and oxygen atoms in total. The summed E-state index contributed by atoms with van der Waals surface area (Å²) in [5.41, 5.74) is 0.991. The molecule has 1 aromatic rings. The number of benzene rings is 1. The lowest BCUT2D eigenvalue weighted by Gasteiger charge is -2.31. The van der Waals surface area contributed by atoms with E-state index < -0.39 is 11.8 Å². The fraction of sp³-hybridized carbons (Fsp3) is 0.600. The Bertz CT molecular complexity index is 768. The predicted molar refractivity (Wildman–Crippen MR) is 102 cm³/mol. The first-order valence-electron chi connectivity index (χ1n) is 10.1. The zero-order valence-corrected chi connectivity index (χ0v) is 16.5. The third-order valence-electron chi connectivity index (χ3n) is 5.20. The quantitative estimate of drug-likeness (QED) is 0.507. The number of rotatable bonds is 8. The van der Waals surface area contributed by atoms with Gasteiger partial charge in [-0.15, -0.1) is 11.8 Å². The molecule has 1 fully saturated rings. The number of amides is 2. The third-order valence-corrected chi connectivity index (χ3v) is 6.43. The fourth-order valence-electron chi connectivity index (χ4n) is 3.50. The van der Waals surface area contributed by atoms with Gasteiger partial charge in [0, 0.05) is 54.9 Å². The Balaban J connectivity index is 1.33. The maximum Gasteiger partial charge on any atom is 0.251 e. The van der Waals surface area contributed by atoms with Crippen LogP contribution in [0.5, 0.6) is 0 Å². The number of hydrogen-bond donors (Lipinski definition) is 1. The lowest BCUT2D eigenvalue weighted by molar-refractivity contribution is -0.137. The van der Waals surface area contributed by atoms with Gasteiger partial charge < -0.3 is 10.2 Å². The molecule has 28 heavy (non-hydrogen) atoms. The zero-order valence-electron chi connectivity index (χ0n) is 16.7. The minimum absolute atomic E-state index is 0.0543. The molecule has 0 aromatic heterocycles. The number of fused-ring (bicyclic) bond motifs is 1. The molecular weight excluding hydrogens is 389 g/mol. The molecule has 3 rings (SSSR count). The first-order valence-corrected chi connectivity index (χ1v) is 10.7. The van der Waals surface area contributed by atoms with Crippen molar-refractivity contribution < 1.29 is 24.2 Å². The largest absolute Gasteiger partial charge is 0.348 e. The second-order valence-electron chi connectivity index (χ2n) is 7.27. The Hall–Kier alpha value is -1.70. The highest BCUT2D eigenvalue weighted by Gasteiger charge is 2.35. The minimum atomic E-state index is -2.64. The molecule has 1 saturated heterocycles. The average molecular weight is 415 g/mol. The summed E-state index contributed by atoms with van der Waals surface area (Å²) in [5.74, 6) is -2.77. The lowest BCUT2D eigenvalue weighted by Crippen LogP contribution is -2.42. The standard InChI is InChI=1S/C20H25F3N2O2S/c21-16-7-6-14-15(13-24-19(14)27)18(16)28-12-4-2-1-3-5-17(26)25-10-8-20(22,23)9-11-25/h6-7H,1-5,8-13H2,(H,24,27)/i/hD. The van der Waals surface area contributed by atoms with E-state index >= 15 is 0 Å². The molecule has 0 radical (unpaired) electrons. The second kappa shape index (κ2) is 9.20. The summed E-state index contributed by atoms with van der Waals surface area (Å²) in [4.78, 5) is 25.9. The zero-order chi connectivity index (χ0) is 21.0. The Morgan fingerprint density at radius 1 is 1.21 bits per heavy atom. The Morgan fingerprint density at radius 2 is 1.93 bits per heavy atom. The van der Waals surface area contributed by atoms with Gasteiger partial charge in [-0.1, -0.05) is 12.8 Å². The maximum atomic E-state index is 14.1. The van der Waals surface area contributed by atoms with Crippen LogP contribution in [0.1, 0.15) is 60.9 Å². The van der Waals surface area contributed by atoms with Crippen molar-refractivity contribution >= 4 is 23.6 Å². The highest BCUT2D eigenvalue weighted by Crippen LogP contribution is 2.32. The lowest BCUT2D eigenvalue weighted by atomic mass is 10.1. The average Bonchev–Trinajstić information content (AvgIpc) is 2.96. The van der Waals surface area contributed by atoms with E-state index in [-0.39, 0.29) is 44.2 Å². The van der Waals surface area contributed by atoms with Crippen LogP contribution in [0, 0.1) is 5.82 Å². The molecule has 2 aliphatic rings. The van der Waals surface area contributed by atoms with E-state index in [1.54, 1.807) is 0 Å². The van der Waals surface area contributed by atoms with Gasteiger partial charge >= 0.3 is 0 Å². The highest BCUT2D eigenvalue weighted by molar-refractivity contribution is 7.99. The van der Waals surface area contributed by atoms with Crippen molar-refractivity contribution in [2.24, 2.45) is 0 Å². The molecular formula is C20H25F3N2O2S. The first kappa shape index (κ1) is 19.6. The first-order chi connectivity index (χ1) is 13.8. The van der Waals surface area contributed by atoms with Gasteiger partial charge in [-0.05, 0) is 30.7 Å². The van der Waals surface area contributed by atoms with Gasteiger partial charge in [0.2, 0.25) is 5.91 Å². The van der Waals surface area contributed by atoms with Crippen molar-refractivity contribution in [2.45, 2.75) is 62.3 Å². The van der Waals surface area contributed by atoms with Crippen molar-refractivity contribution in [3.8, 4) is 0 Å². The number of nitrogens with zero attached hydrogens (tertiary/aromatic N) is 1. The molecule has 0 saturated carbocycles. The van der Waals surface area contributed by atoms with Crippen LogP contribution in [0.3, 0.4) is 0 Å².